The van der Waals surface area contributed by atoms with E-state index in [1.807, 2.05) is 39.1 Å². The van der Waals surface area contributed by atoms with Crippen molar-refractivity contribution in [2.45, 2.75) is 56.7 Å². The first-order chi connectivity index (χ1) is 22.5. The lowest BCUT2D eigenvalue weighted by Gasteiger charge is -2.18. The summed E-state index contributed by atoms with van der Waals surface area (Å²) in [6, 6.07) is 14.2. The van der Waals surface area contributed by atoms with Crippen LogP contribution in [0.3, 0.4) is 0 Å². The first kappa shape index (κ1) is 39.7. The van der Waals surface area contributed by atoms with E-state index in [1.54, 1.807) is 6.20 Å². The van der Waals surface area contributed by atoms with Crippen LogP contribution in [0.5, 0.6) is 0 Å². The van der Waals surface area contributed by atoms with Crippen LogP contribution in [0.4, 0.5) is 14.5 Å². The molecule has 1 aliphatic heterocycles. The van der Waals surface area contributed by atoms with E-state index in [0.717, 1.165) is 42.1 Å². The number of likely N-dealkylation sites (tertiary alicyclic amines) is 1. The van der Waals surface area contributed by atoms with Gasteiger partial charge in [0.05, 0.1) is 16.6 Å². The molecule has 2 aromatic carbocycles. The summed E-state index contributed by atoms with van der Waals surface area (Å²) in [7, 11) is 4.36. The zero-order chi connectivity index (χ0) is 35.0. The number of unbranched alkanes of at least 4 members (excludes halogenated alkanes) is 3. The van der Waals surface area contributed by atoms with Crippen LogP contribution in [0.15, 0.2) is 54.7 Å². The molecule has 0 radical (unpaired) electrons. The number of nitrogens with zero attached hydrogens (tertiary/aromatic N) is 4. The van der Waals surface area contributed by atoms with Crippen LogP contribution < -0.4 is 10.2 Å². The number of amides is 1. The van der Waals surface area contributed by atoms with Crippen LogP contribution in [0.25, 0.3) is 21.0 Å². The van der Waals surface area contributed by atoms with Crippen molar-refractivity contribution in [2.24, 2.45) is 0 Å². The van der Waals surface area contributed by atoms with Gasteiger partial charge in [0.15, 0.2) is 0 Å². The van der Waals surface area contributed by atoms with Crippen molar-refractivity contribution in [1.82, 2.24) is 20.4 Å². The molecule has 256 valence electrons. The largest absolute Gasteiger partial charge is 0.378 e. The molecule has 14 heteroatoms. The van der Waals surface area contributed by atoms with E-state index in [1.165, 1.54) is 80.9 Å². The third-order valence-electron chi connectivity index (χ3n) is 7.61. The van der Waals surface area contributed by atoms with Crippen LogP contribution in [0, 0.1) is 0 Å². The molecule has 0 spiro atoms. The maximum absolute atomic E-state index is 13.5. The first-order valence-corrected chi connectivity index (χ1v) is 17.2. The van der Waals surface area contributed by atoms with Gasteiger partial charge in [-0.25, -0.2) is 0 Å². The molecule has 1 atom stereocenters. The maximum Gasteiger partial charge on any atom is 0.339 e. The fourth-order valence-corrected chi connectivity index (χ4v) is 6.32. The van der Waals surface area contributed by atoms with E-state index >= 15 is 0 Å². The van der Waals surface area contributed by atoms with E-state index in [-0.39, 0.29) is 5.91 Å². The number of aldehydes is 1. The molecule has 1 amide bonds. The highest BCUT2D eigenvalue weighted by Gasteiger charge is 2.41. The average Bonchev–Trinajstić information content (AvgIpc) is 3.70. The number of halogens is 2. The van der Waals surface area contributed by atoms with Gasteiger partial charge >= 0.3 is 5.66 Å². The Morgan fingerprint density at radius 3 is 2.49 bits per heavy atom. The standard InChI is InChI=1S/C11H10F2NO3PS.C11H21NO.C10H11N3.CH2O/c1-14-10(15)9-5-6-4-7(2-3-8(6)19-9)11(12,13)18(16)17;1-12-9-6-8-11(12)7-4-2-3-5-10-13;1-13(2)9-3-4-10-8(7-9)5-6-11-12-10;1-2/h2-5,16-17H,1H3,(H,14,15);10-11H,2-9H2,1H3;3-7H,1-2H3;1H2. The quantitative estimate of drug-likeness (QED) is 0.0988. The number of alkyl halides is 2. The van der Waals surface area contributed by atoms with Crippen molar-refractivity contribution in [2.75, 3.05) is 39.6 Å². The SMILES string of the molecule is C=O.CN(C)c1ccc2nnccc2c1.CN1CCCC1CCCCCC=O.CNC(=O)c1cc2cc(C(F)(F)P(O)O)ccc2s1. The number of aromatic nitrogens is 2. The summed E-state index contributed by atoms with van der Waals surface area (Å²) in [4.78, 5) is 52.0. The van der Waals surface area contributed by atoms with Gasteiger partial charge in [0, 0.05) is 54.9 Å². The molecule has 1 fully saturated rings. The molecule has 1 unspecified atom stereocenters. The molecule has 0 saturated carbocycles. The van der Waals surface area contributed by atoms with Gasteiger partial charge in [0.2, 0.25) is 8.38 Å². The summed E-state index contributed by atoms with van der Waals surface area (Å²) in [6.45, 7) is 3.28. The second-order valence-electron chi connectivity index (χ2n) is 11.0. The second kappa shape index (κ2) is 20.0. The van der Waals surface area contributed by atoms with Gasteiger partial charge in [-0.3, -0.25) is 4.79 Å². The normalized spacial score (nSPS) is 14.4. The number of hydrogen-bond acceptors (Lipinski definition) is 10. The molecule has 1 aliphatic rings. The smallest absolute Gasteiger partial charge is 0.339 e. The van der Waals surface area contributed by atoms with E-state index in [4.69, 9.17) is 14.6 Å². The molecule has 1 saturated heterocycles. The minimum Gasteiger partial charge on any atom is -0.378 e. The molecule has 0 bridgehead atoms. The van der Waals surface area contributed by atoms with Gasteiger partial charge in [-0.15, -0.1) is 11.3 Å². The van der Waals surface area contributed by atoms with Crippen LogP contribution in [0.1, 0.15) is 60.2 Å². The number of benzene rings is 2. The molecule has 10 nitrogen and oxygen atoms in total. The number of anilines is 1. The van der Waals surface area contributed by atoms with Crippen LogP contribution in [-0.2, 0) is 15.3 Å². The molecule has 2 aromatic heterocycles. The molecular weight excluding hydrogens is 647 g/mol. The van der Waals surface area contributed by atoms with Gasteiger partial charge in [0.1, 0.15) is 13.1 Å². The number of carbonyl (C=O) groups is 3. The lowest BCUT2D eigenvalue weighted by Crippen LogP contribution is -2.24. The monoisotopic (exact) mass is 691 g/mol. The van der Waals surface area contributed by atoms with Crippen LogP contribution in [0.2, 0.25) is 0 Å². The Morgan fingerprint density at radius 2 is 1.87 bits per heavy atom. The predicted molar refractivity (Wildman–Crippen MR) is 186 cm³/mol. The molecule has 3 N–H and O–H groups in total. The molecule has 47 heavy (non-hydrogen) atoms. The first-order valence-electron chi connectivity index (χ1n) is 15.1. The lowest BCUT2D eigenvalue weighted by atomic mass is 10.1. The Morgan fingerprint density at radius 1 is 1.13 bits per heavy atom. The maximum atomic E-state index is 13.5. The Labute approximate surface area is 279 Å². The lowest BCUT2D eigenvalue weighted by molar-refractivity contribution is -0.108. The summed E-state index contributed by atoms with van der Waals surface area (Å²) in [6.07, 6.45) is 11.2. The highest BCUT2D eigenvalue weighted by Crippen LogP contribution is 2.53. The highest BCUT2D eigenvalue weighted by atomic mass is 32.1. The van der Waals surface area contributed by atoms with Gasteiger partial charge in [0.25, 0.3) is 5.91 Å². The summed E-state index contributed by atoms with van der Waals surface area (Å²) in [5.74, 6) is -0.291. The van der Waals surface area contributed by atoms with Crippen molar-refractivity contribution in [3.05, 3.63) is 65.2 Å². The van der Waals surface area contributed by atoms with Crippen LogP contribution in [-0.4, -0.2) is 84.6 Å². The van der Waals surface area contributed by atoms with Crippen molar-refractivity contribution in [3.8, 4) is 0 Å². The summed E-state index contributed by atoms with van der Waals surface area (Å²) in [5, 5.41) is 11.9. The van der Waals surface area contributed by atoms with E-state index in [9.17, 15) is 18.4 Å². The predicted octanol–water partition coefficient (Wildman–Crippen LogP) is 6.35. The van der Waals surface area contributed by atoms with Gasteiger partial charge in [-0.2, -0.15) is 19.0 Å². The van der Waals surface area contributed by atoms with E-state index in [2.05, 4.69) is 38.4 Å². The number of rotatable bonds is 10. The fourth-order valence-electron chi connectivity index (χ4n) is 4.96. The topological polar surface area (TPSA) is 136 Å². The van der Waals surface area contributed by atoms with Gasteiger partial charge in [-0.1, -0.05) is 18.9 Å². The molecular formula is C33H44F2N5O5PS. The number of fused-ring (bicyclic) bond motifs is 2. The summed E-state index contributed by atoms with van der Waals surface area (Å²) >= 11 is 1.18. The Kier molecular flexibility index (Phi) is 16.9. The minimum absolute atomic E-state index is 0.291. The van der Waals surface area contributed by atoms with Crippen LogP contribution >= 0.6 is 19.7 Å². The summed E-state index contributed by atoms with van der Waals surface area (Å²) in [5.41, 5.74) is -2.04. The highest BCUT2D eigenvalue weighted by molar-refractivity contribution is 7.46. The molecule has 5 rings (SSSR count). The number of carbonyl (C=O) groups excluding carboxylic acids is 3. The molecule has 4 aromatic rings. The van der Waals surface area contributed by atoms with Gasteiger partial charge < -0.3 is 34.5 Å². The van der Waals surface area contributed by atoms with E-state index < -0.39 is 19.6 Å². The number of hydrogen-bond donors (Lipinski definition) is 3. The third-order valence-corrected chi connectivity index (χ3v) is 9.49. The third kappa shape index (κ3) is 11.9. The van der Waals surface area contributed by atoms with Gasteiger partial charge in [-0.05, 0) is 87.1 Å². The fraction of sp³-hybridized carbons (Fsp3) is 0.424. The van der Waals surface area contributed by atoms with Crippen molar-refractivity contribution < 1.29 is 33.0 Å². The number of thiophene rings is 1. The van der Waals surface area contributed by atoms with Crippen molar-refractivity contribution >= 4 is 65.4 Å². The van der Waals surface area contributed by atoms with Crippen molar-refractivity contribution in [1.29, 1.82) is 0 Å². The Hall–Kier alpha value is -3.48. The number of nitrogens with one attached hydrogen (secondary N) is 1. The summed E-state index contributed by atoms with van der Waals surface area (Å²) < 4.78 is 27.7. The van der Waals surface area contributed by atoms with E-state index in [0.29, 0.717) is 15.0 Å². The Balaban J connectivity index is 0.000000245. The Bertz CT molecular complexity index is 1560. The van der Waals surface area contributed by atoms with Crippen molar-refractivity contribution in [3.63, 3.8) is 0 Å². The zero-order valence-corrected chi connectivity index (χ0v) is 28.9. The molecule has 3 heterocycles. The molecule has 0 aliphatic carbocycles. The minimum atomic E-state index is -3.68. The average molecular weight is 692 g/mol. The second-order valence-corrected chi connectivity index (χ2v) is 13.2. The zero-order valence-electron chi connectivity index (χ0n) is 27.2.